The summed E-state index contributed by atoms with van der Waals surface area (Å²) in [6, 6.07) is 6.69. The third-order valence-corrected chi connectivity index (χ3v) is 5.03. The molecule has 0 saturated heterocycles. The predicted octanol–water partition coefficient (Wildman–Crippen LogP) is 3.62. The van der Waals surface area contributed by atoms with Gasteiger partial charge in [-0.25, -0.2) is 9.37 Å². The first kappa shape index (κ1) is 15.2. The van der Waals surface area contributed by atoms with Gasteiger partial charge in [0.05, 0.1) is 17.1 Å². The molecule has 22 heavy (non-hydrogen) atoms. The number of carbonyl (C=O) groups excluding carboxylic acids is 1. The highest BCUT2D eigenvalue weighted by molar-refractivity contribution is 7.09. The quantitative estimate of drug-likeness (QED) is 0.915. The van der Waals surface area contributed by atoms with Crippen LogP contribution in [0, 0.1) is 5.82 Å². The summed E-state index contributed by atoms with van der Waals surface area (Å²) in [7, 11) is 0. The topological polar surface area (TPSA) is 42.0 Å². The third-order valence-electron chi connectivity index (χ3n) is 3.84. The summed E-state index contributed by atoms with van der Waals surface area (Å²) in [6.45, 7) is 4.19. The van der Waals surface area contributed by atoms with Crippen LogP contribution in [0.4, 0.5) is 4.39 Å². The number of benzene rings is 1. The molecule has 1 heterocycles. The summed E-state index contributed by atoms with van der Waals surface area (Å²) in [5.74, 6) is 0.490. The summed E-state index contributed by atoms with van der Waals surface area (Å²) in [5, 5.41) is 6.06. The van der Waals surface area contributed by atoms with Gasteiger partial charge in [-0.15, -0.1) is 11.3 Å². The third kappa shape index (κ3) is 3.53. The van der Waals surface area contributed by atoms with E-state index in [1.807, 2.05) is 5.38 Å². The number of carbonyl (C=O) groups is 1. The van der Waals surface area contributed by atoms with Gasteiger partial charge in [0.2, 0.25) is 5.91 Å². The van der Waals surface area contributed by atoms with E-state index in [2.05, 4.69) is 24.1 Å². The number of hydrogen-bond acceptors (Lipinski definition) is 3. The van der Waals surface area contributed by atoms with Gasteiger partial charge in [0.1, 0.15) is 5.82 Å². The fraction of sp³-hybridized carbons (Fsp3) is 0.412. The second-order valence-electron chi connectivity index (χ2n) is 6.08. The largest absolute Gasteiger partial charge is 0.352 e. The van der Waals surface area contributed by atoms with Crippen molar-refractivity contribution in [3.8, 4) is 0 Å². The molecule has 1 fully saturated rings. The SMILES string of the molecule is CC(C)c1nc(CC(=O)N[C@H]2C[C@H]2c2ccc(F)cc2)cs1. The van der Waals surface area contributed by atoms with E-state index in [1.165, 1.54) is 12.1 Å². The number of amides is 1. The molecule has 3 rings (SSSR count). The second-order valence-corrected chi connectivity index (χ2v) is 6.97. The number of hydrogen-bond donors (Lipinski definition) is 1. The average molecular weight is 318 g/mol. The molecule has 1 saturated carbocycles. The zero-order valence-electron chi connectivity index (χ0n) is 12.7. The molecule has 1 aromatic heterocycles. The van der Waals surface area contributed by atoms with Crippen molar-refractivity contribution in [1.82, 2.24) is 10.3 Å². The number of nitrogens with zero attached hydrogens (tertiary/aromatic N) is 1. The highest BCUT2D eigenvalue weighted by atomic mass is 32.1. The maximum Gasteiger partial charge on any atom is 0.226 e. The molecule has 0 aliphatic heterocycles. The van der Waals surface area contributed by atoms with Crippen LogP contribution < -0.4 is 5.32 Å². The van der Waals surface area contributed by atoms with E-state index < -0.39 is 0 Å². The van der Waals surface area contributed by atoms with E-state index in [-0.39, 0.29) is 17.8 Å². The Hall–Kier alpha value is -1.75. The lowest BCUT2D eigenvalue weighted by Gasteiger charge is -2.04. The lowest BCUT2D eigenvalue weighted by atomic mass is 10.1. The van der Waals surface area contributed by atoms with Crippen LogP contribution in [-0.2, 0) is 11.2 Å². The van der Waals surface area contributed by atoms with Crippen molar-refractivity contribution < 1.29 is 9.18 Å². The molecule has 1 aliphatic rings. The summed E-state index contributed by atoms with van der Waals surface area (Å²) < 4.78 is 12.9. The Morgan fingerprint density at radius 3 is 2.77 bits per heavy atom. The normalized spacial score (nSPS) is 20.2. The molecule has 0 unspecified atom stereocenters. The standard InChI is InChI=1S/C17H19FN2OS/c1-10(2)17-19-13(9-22-17)7-16(21)20-15-8-14(15)11-3-5-12(18)6-4-11/h3-6,9-10,14-15H,7-8H2,1-2H3,(H,20,21)/t14-,15-/m0/s1. The Balaban J connectivity index is 1.51. The van der Waals surface area contributed by atoms with Crippen molar-refractivity contribution in [2.45, 2.75) is 44.6 Å². The van der Waals surface area contributed by atoms with E-state index in [1.54, 1.807) is 23.5 Å². The molecule has 0 bridgehead atoms. The highest BCUT2D eigenvalue weighted by Gasteiger charge is 2.39. The van der Waals surface area contributed by atoms with E-state index >= 15 is 0 Å². The zero-order valence-corrected chi connectivity index (χ0v) is 13.5. The lowest BCUT2D eigenvalue weighted by Crippen LogP contribution is -2.28. The molecule has 2 aromatic rings. The van der Waals surface area contributed by atoms with Crippen molar-refractivity contribution in [1.29, 1.82) is 0 Å². The molecule has 116 valence electrons. The molecule has 1 aliphatic carbocycles. The lowest BCUT2D eigenvalue weighted by molar-refractivity contribution is -0.120. The Labute approximate surface area is 133 Å². The van der Waals surface area contributed by atoms with Crippen molar-refractivity contribution in [2.24, 2.45) is 0 Å². The van der Waals surface area contributed by atoms with Gasteiger partial charge in [0.15, 0.2) is 0 Å². The molecule has 1 N–H and O–H groups in total. The molecular weight excluding hydrogens is 299 g/mol. The fourth-order valence-electron chi connectivity index (χ4n) is 2.52. The van der Waals surface area contributed by atoms with Gasteiger partial charge < -0.3 is 5.32 Å². The molecule has 0 spiro atoms. The molecule has 2 atom stereocenters. The first-order chi connectivity index (χ1) is 10.5. The summed E-state index contributed by atoms with van der Waals surface area (Å²) in [6.07, 6.45) is 1.25. The van der Waals surface area contributed by atoms with Gasteiger partial charge in [-0.2, -0.15) is 0 Å². The summed E-state index contributed by atoms with van der Waals surface area (Å²) in [4.78, 5) is 16.5. The van der Waals surface area contributed by atoms with Gasteiger partial charge in [-0.05, 0) is 24.1 Å². The minimum atomic E-state index is -0.227. The number of rotatable bonds is 5. The van der Waals surface area contributed by atoms with Crippen LogP contribution in [0.15, 0.2) is 29.6 Å². The van der Waals surface area contributed by atoms with Crippen LogP contribution in [0.5, 0.6) is 0 Å². The fourth-order valence-corrected chi connectivity index (χ4v) is 3.36. The molecule has 1 aromatic carbocycles. The molecule has 0 radical (unpaired) electrons. The van der Waals surface area contributed by atoms with E-state index in [9.17, 15) is 9.18 Å². The average Bonchev–Trinajstić information content (AvgIpc) is 3.06. The van der Waals surface area contributed by atoms with Gasteiger partial charge in [-0.3, -0.25) is 4.79 Å². The maximum atomic E-state index is 12.9. The monoisotopic (exact) mass is 318 g/mol. The first-order valence-corrected chi connectivity index (χ1v) is 8.40. The second kappa shape index (κ2) is 6.16. The Morgan fingerprint density at radius 1 is 1.41 bits per heavy atom. The van der Waals surface area contributed by atoms with Crippen LogP contribution in [0.3, 0.4) is 0 Å². The van der Waals surface area contributed by atoms with E-state index in [0.717, 1.165) is 22.7 Å². The Bertz CT molecular complexity index is 666. The van der Waals surface area contributed by atoms with Crippen LogP contribution in [-0.4, -0.2) is 16.9 Å². The van der Waals surface area contributed by atoms with Gasteiger partial charge in [-0.1, -0.05) is 26.0 Å². The van der Waals surface area contributed by atoms with Crippen LogP contribution in [0.1, 0.15) is 48.4 Å². The zero-order chi connectivity index (χ0) is 15.7. The highest BCUT2D eigenvalue weighted by Crippen LogP contribution is 2.40. The van der Waals surface area contributed by atoms with Gasteiger partial charge >= 0.3 is 0 Å². The number of thiazole rings is 1. The van der Waals surface area contributed by atoms with Crippen LogP contribution in [0.25, 0.3) is 0 Å². The predicted molar refractivity (Wildman–Crippen MR) is 85.6 cm³/mol. The number of halogens is 1. The molecule has 1 amide bonds. The number of nitrogens with one attached hydrogen (secondary N) is 1. The number of aromatic nitrogens is 1. The Morgan fingerprint density at radius 2 is 2.14 bits per heavy atom. The Kier molecular flexibility index (Phi) is 4.25. The van der Waals surface area contributed by atoms with Crippen molar-refractivity contribution in [3.63, 3.8) is 0 Å². The van der Waals surface area contributed by atoms with Crippen molar-refractivity contribution >= 4 is 17.2 Å². The summed E-state index contributed by atoms with van der Waals surface area (Å²) >= 11 is 1.61. The van der Waals surface area contributed by atoms with Crippen LogP contribution in [0.2, 0.25) is 0 Å². The first-order valence-electron chi connectivity index (χ1n) is 7.52. The van der Waals surface area contributed by atoms with Crippen molar-refractivity contribution in [3.05, 3.63) is 51.7 Å². The molecule has 5 heteroatoms. The smallest absolute Gasteiger partial charge is 0.226 e. The van der Waals surface area contributed by atoms with Gasteiger partial charge in [0, 0.05) is 23.3 Å². The summed E-state index contributed by atoms with van der Waals surface area (Å²) in [5.41, 5.74) is 1.92. The van der Waals surface area contributed by atoms with Crippen molar-refractivity contribution in [2.75, 3.05) is 0 Å². The van der Waals surface area contributed by atoms with E-state index in [0.29, 0.717) is 18.3 Å². The molecule has 3 nitrogen and oxygen atoms in total. The molecular formula is C17H19FN2OS. The van der Waals surface area contributed by atoms with Crippen LogP contribution >= 0.6 is 11.3 Å². The van der Waals surface area contributed by atoms with E-state index in [4.69, 9.17) is 0 Å². The van der Waals surface area contributed by atoms with Gasteiger partial charge in [0.25, 0.3) is 0 Å². The maximum absolute atomic E-state index is 12.9. The minimum Gasteiger partial charge on any atom is -0.352 e. The minimum absolute atomic E-state index is 0.00946.